The van der Waals surface area contributed by atoms with Gasteiger partial charge in [-0.1, -0.05) is 48.5 Å². The van der Waals surface area contributed by atoms with Crippen molar-refractivity contribution in [3.8, 4) is 17.2 Å². The number of phenols is 1. The van der Waals surface area contributed by atoms with E-state index in [0.29, 0.717) is 18.1 Å². The van der Waals surface area contributed by atoms with Crippen LogP contribution in [0.5, 0.6) is 17.2 Å². The summed E-state index contributed by atoms with van der Waals surface area (Å²) in [5.41, 5.74) is 3.34. The van der Waals surface area contributed by atoms with Gasteiger partial charge in [0.15, 0.2) is 6.61 Å². The summed E-state index contributed by atoms with van der Waals surface area (Å²) >= 11 is 0. The number of methoxy groups -OCH3 is 1. The molecule has 5 heteroatoms. The van der Waals surface area contributed by atoms with E-state index < -0.39 is 5.97 Å². The Bertz CT molecular complexity index is 982. The van der Waals surface area contributed by atoms with Gasteiger partial charge in [0, 0.05) is 23.5 Å². The zero-order chi connectivity index (χ0) is 20.2. The first-order valence-corrected chi connectivity index (χ1v) is 9.46. The standard InChI is InChI=1S/C24H22O5/c1-27-23(26)15-28-19-10-7-17(8-11-19)24-20-12-9-18(25)13-22(20)29-14-21(24)16-5-3-2-4-6-16/h2-13,21,24-25H,14-15H2,1H3/t21-,24-/m0/s1. The Hall–Kier alpha value is -3.47. The maximum atomic E-state index is 11.3. The molecule has 0 bridgehead atoms. The molecule has 0 aliphatic carbocycles. The molecule has 1 aliphatic rings. The molecule has 0 amide bonds. The molecule has 29 heavy (non-hydrogen) atoms. The third-order valence-electron chi connectivity index (χ3n) is 5.20. The number of benzene rings is 3. The highest BCUT2D eigenvalue weighted by molar-refractivity contribution is 5.70. The molecule has 0 radical (unpaired) electrons. The molecule has 0 saturated carbocycles. The van der Waals surface area contributed by atoms with Crippen LogP contribution in [0.15, 0.2) is 72.8 Å². The number of hydrogen-bond donors (Lipinski definition) is 1. The molecule has 1 aliphatic heterocycles. The maximum Gasteiger partial charge on any atom is 0.343 e. The topological polar surface area (TPSA) is 65.0 Å². The molecule has 2 atom stereocenters. The van der Waals surface area contributed by atoms with Crippen LogP contribution in [0.3, 0.4) is 0 Å². The minimum atomic E-state index is -0.420. The average Bonchev–Trinajstić information content (AvgIpc) is 2.77. The van der Waals surface area contributed by atoms with E-state index in [9.17, 15) is 9.90 Å². The second-order valence-corrected chi connectivity index (χ2v) is 6.96. The van der Waals surface area contributed by atoms with Crippen LogP contribution < -0.4 is 9.47 Å². The summed E-state index contributed by atoms with van der Waals surface area (Å²) in [6.45, 7) is 0.396. The van der Waals surface area contributed by atoms with Crippen molar-refractivity contribution in [2.24, 2.45) is 0 Å². The van der Waals surface area contributed by atoms with Gasteiger partial charge in [0.25, 0.3) is 0 Å². The Morgan fingerprint density at radius 1 is 1.03 bits per heavy atom. The lowest BCUT2D eigenvalue weighted by atomic mass is 9.76. The fourth-order valence-electron chi connectivity index (χ4n) is 3.77. The van der Waals surface area contributed by atoms with Crippen molar-refractivity contribution >= 4 is 5.97 Å². The van der Waals surface area contributed by atoms with E-state index >= 15 is 0 Å². The zero-order valence-corrected chi connectivity index (χ0v) is 16.1. The van der Waals surface area contributed by atoms with E-state index in [1.54, 1.807) is 12.1 Å². The van der Waals surface area contributed by atoms with E-state index in [0.717, 1.165) is 11.1 Å². The molecule has 1 heterocycles. The number of rotatable bonds is 5. The molecule has 1 N–H and O–H groups in total. The van der Waals surface area contributed by atoms with Crippen LogP contribution in [0.4, 0.5) is 0 Å². The second kappa shape index (κ2) is 8.27. The Morgan fingerprint density at radius 3 is 2.52 bits per heavy atom. The van der Waals surface area contributed by atoms with Gasteiger partial charge < -0.3 is 19.3 Å². The Morgan fingerprint density at radius 2 is 1.79 bits per heavy atom. The molecular weight excluding hydrogens is 368 g/mol. The summed E-state index contributed by atoms with van der Waals surface area (Å²) < 4.78 is 16.1. The maximum absolute atomic E-state index is 11.3. The first kappa shape index (κ1) is 18.9. The predicted octanol–water partition coefficient (Wildman–Crippen LogP) is 4.25. The highest BCUT2D eigenvalue weighted by Crippen LogP contribution is 2.47. The van der Waals surface area contributed by atoms with Gasteiger partial charge in [-0.2, -0.15) is 0 Å². The molecule has 0 unspecified atom stereocenters. The third kappa shape index (κ3) is 4.04. The van der Waals surface area contributed by atoms with Gasteiger partial charge in [-0.3, -0.25) is 0 Å². The fraction of sp³-hybridized carbons (Fsp3) is 0.208. The smallest absolute Gasteiger partial charge is 0.343 e. The van der Waals surface area contributed by atoms with Gasteiger partial charge in [-0.25, -0.2) is 4.79 Å². The largest absolute Gasteiger partial charge is 0.508 e. The number of phenolic OH excluding ortho intramolecular Hbond substituents is 1. The van der Waals surface area contributed by atoms with Gasteiger partial charge in [0.2, 0.25) is 0 Å². The van der Waals surface area contributed by atoms with Crippen LogP contribution in [-0.2, 0) is 9.53 Å². The summed E-state index contributed by atoms with van der Waals surface area (Å²) in [5.74, 6) is 1.27. The van der Waals surface area contributed by atoms with Crippen molar-refractivity contribution in [3.63, 3.8) is 0 Å². The quantitative estimate of drug-likeness (QED) is 0.660. The van der Waals surface area contributed by atoms with Gasteiger partial charge in [-0.05, 0) is 29.3 Å². The molecule has 0 aromatic heterocycles. The van der Waals surface area contributed by atoms with E-state index in [2.05, 4.69) is 16.9 Å². The highest BCUT2D eigenvalue weighted by atomic mass is 16.6. The van der Waals surface area contributed by atoms with Gasteiger partial charge in [-0.15, -0.1) is 0 Å². The molecular formula is C24H22O5. The first-order chi connectivity index (χ1) is 14.2. The van der Waals surface area contributed by atoms with E-state index in [1.807, 2.05) is 48.5 Å². The lowest BCUT2D eigenvalue weighted by Gasteiger charge is -2.34. The normalized spacial score (nSPS) is 17.7. The van der Waals surface area contributed by atoms with Crippen molar-refractivity contribution in [3.05, 3.63) is 89.5 Å². The first-order valence-electron chi connectivity index (χ1n) is 9.46. The molecule has 4 rings (SSSR count). The van der Waals surface area contributed by atoms with Gasteiger partial charge in [0.1, 0.15) is 17.2 Å². The van der Waals surface area contributed by atoms with E-state index in [-0.39, 0.29) is 24.2 Å². The van der Waals surface area contributed by atoms with Gasteiger partial charge >= 0.3 is 5.97 Å². The number of fused-ring (bicyclic) bond motifs is 1. The fourth-order valence-corrected chi connectivity index (χ4v) is 3.77. The molecule has 0 saturated heterocycles. The van der Waals surface area contributed by atoms with Crippen LogP contribution in [0.2, 0.25) is 0 Å². The number of esters is 1. The number of hydrogen-bond acceptors (Lipinski definition) is 5. The summed E-state index contributed by atoms with van der Waals surface area (Å²) in [6.07, 6.45) is 0. The minimum Gasteiger partial charge on any atom is -0.508 e. The number of carbonyl (C=O) groups is 1. The Kier molecular flexibility index (Phi) is 5.38. The number of ether oxygens (including phenoxy) is 3. The lowest BCUT2D eigenvalue weighted by Crippen LogP contribution is -2.25. The average molecular weight is 390 g/mol. The molecule has 3 aromatic rings. The molecule has 5 nitrogen and oxygen atoms in total. The molecule has 0 spiro atoms. The highest BCUT2D eigenvalue weighted by Gasteiger charge is 2.33. The SMILES string of the molecule is COC(=O)COc1ccc([C@H]2c3ccc(O)cc3OC[C@H]2c2ccccc2)cc1. The van der Waals surface area contributed by atoms with Crippen molar-refractivity contribution in [1.82, 2.24) is 0 Å². The van der Waals surface area contributed by atoms with Crippen LogP contribution in [0, 0.1) is 0 Å². The monoisotopic (exact) mass is 390 g/mol. The van der Waals surface area contributed by atoms with E-state index in [1.165, 1.54) is 12.7 Å². The lowest BCUT2D eigenvalue weighted by molar-refractivity contribution is -0.142. The zero-order valence-electron chi connectivity index (χ0n) is 16.1. The van der Waals surface area contributed by atoms with Crippen molar-refractivity contribution in [1.29, 1.82) is 0 Å². The predicted molar refractivity (Wildman–Crippen MR) is 109 cm³/mol. The summed E-state index contributed by atoms with van der Waals surface area (Å²) in [4.78, 5) is 11.3. The van der Waals surface area contributed by atoms with Crippen LogP contribution in [-0.4, -0.2) is 31.4 Å². The second-order valence-electron chi connectivity index (χ2n) is 6.96. The van der Waals surface area contributed by atoms with Gasteiger partial charge in [0.05, 0.1) is 13.7 Å². The van der Waals surface area contributed by atoms with E-state index in [4.69, 9.17) is 9.47 Å². The number of aromatic hydroxyl groups is 1. The van der Waals surface area contributed by atoms with Crippen molar-refractivity contribution in [2.45, 2.75) is 11.8 Å². The van der Waals surface area contributed by atoms with Crippen molar-refractivity contribution in [2.75, 3.05) is 20.3 Å². The Labute approximate surface area is 169 Å². The third-order valence-corrected chi connectivity index (χ3v) is 5.20. The summed E-state index contributed by atoms with van der Waals surface area (Å²) in [7, 11) is 1.33. The minimum absolute atomic E-state index is 0.0661. The van der Waals surface area contributed by atoms with Crippen LogP contribution in [0.25, 0.3) is 0 Å². The summed E-state index contributed by atoms with van der Waals surface area (Å²) in [6, 6.07) is 23.3. The molecule has 148 valence electrons. The van der Waals surface area contributed by atoms with Crippen LogP contribution in [0.1, 0.15) is 28.5 Å². The number of carbonyl (C=O) groups excluding carboxylic acids is 1. The molecule has 0 fully saturated rings. The Balaban J connectivity index is 1.68. The molecule has 3 aromatic carbocycles. The van der Waals surface area contributed by atoms with Crippen LogP contribution >= 0.6 is 0 Å². The summed E-state index contributed by atoms with van der Waals surface area (Å²) in [5, 5.41) is 9.85. The van der Waals surface area contributed by atoms with Crippen molar-refractivity contribution < 1.29 is 24.1 Å².